The molecule has 1 amide bonds. The zero-order valence-corrected chi connectivity index (χ0v) is 11.1. The Kier molecular flexibility index (Phi) is 3.57. The number of carbonyl (C=O) groups is 1. The number of alkyl halides is 3. The van der Waals surface area contributed by atoms with Crippen molar-refractivity contribution in [1.82, 2.24) is 9.97 Å². The molecule has 0 bridgehead atoms. The summed E-state index contributed by atoms with van der Waals surface area (Å²) in [4.78, 5) is 20.7. The third kappa shape index (κ3) is 2.80. The first-order valence-corrected chi connectivity index (χ1v) is 6.31. The van der Waals surface area contributed by atoms with Crippen LogP contribution in [0.4, 0.5) is 19.0 Å². The molecule has 9 heteroatoms. The van der Waals surface area contributed by atoms with E-state index in [9.17, 15) is 18.0 Å². The molecule has 0 saturated carbocycles. The Labute approximate surface area is 122 Å². The highest BCUT2D eigenvalue weighted by Gasteiger charge is 2.33. The number of anilines is 1. The summed E-state index contributed by atoms with van der Waals surface area (Å²) in [6.07, 6.45) is -2.22. The van der Waals surface area contributed by atoms with E-state index in [0.717, 1.165) is 18.5 Å². The Morgan fingerprint density at radius 3 is 2.73 bits per heavy atom. The lowest BCUT2D eigenvalue weighted by molar-refractivity contribution is -0.137. The van der Waals surface area contributed by atoms with E-state index < -0.39 is 17.6 Å². The first kappa shape index (κ1) is 14.5. The maximum Gasteiger partial charge on any atom is 0.416 e. The van der Waals surface area contributed by atoms with E-state index in [2.05, 4.69) is 9.97 Å². The number of carbonyl (C=O) groups excluding carboxylic acids is 1. The van der Waals surface area contributed by atoms with Crippen molar-refractivity contribution in [3.8, 4) is 11.5 Å². The van der Waals surface area contributed by atoms with Gasteiger partial charge in [-0.2, -0.15) is 13.2 Å². The van der Waals surface area contributed by atoms with Gasteiger partial charge in [-0.25, -0.2) is 9.97 Å². The number of amides is 1. The van der Waals surface area contributed by atoms with Crippen LogP contribution in [-0.2, 0) is 15.7 Å². The average Bonchev–Trinajstić information content (AvgIpc) is 3.00. The molecular weight excluding hydrogens is 303 g/mol. The smallest absolute Gasteiger partial charge is 0.416 e. The van der Waals surface area contributed by atoms with E-state index in [1.165, 1.54) is 11.1 Å². The molecule has 1 fully saturated rings. The fourth-order valence-corrected chi connectivity index (χ4v) is 2.05. The number of halogens is 3. The molecule has 22 heavy (non-hydrogen) atoms. The molecule has 116 valence electrons. The Balaban J connectivity index is 2.09. The topological polar surface area (TPSA) is 68.5 Å². The predicted molar refractivity (Wildman–Crippen MR) is 67.9 cm³/mol. The standard InChI is InChI=1S/C13H10F3N3O3/c14-13(15,16)8-3-9(10-5-17-7-22-10)18-11(4-8)19-1-2-21-6-12(19)20/h3-5,7H,1-2,6H2. The molecule has 3 heterocycles. The summed E-state index contributed by atoms with van der Waals surface area (Å²) in [6.45, 7) is 0.194. The van der Waals surface area contributed by atoms with Crippen molar-refractivity contribution in [3.05, 3.63) is 30.3 Å². The molecule has 0 N–H and O–H groups in total. The predicted octanol–water partition coefficient (Wildman–Crippen LogP) is 2.12. The molecule has 2 aromatic rings. The number of ether oxygens (including phenoxy) is 1. The van der Waals surface area contributed by atoms with E-state index in [0.29, 0.717) is 0 Å². The molecule has 0 aromatic carbocycles. The Morgan fingerprint density at radius 1 is 1.27 bits per heavy atom. The minimum atomic E-state index is -4.57. The molecule has 1 saturated heterocycles. The van der Waals surface area contributed by atoms with Crippen LogP contribution in [0.2, 0.25) is 0 Å². The lowest BCUT2D eigenvalue weighted by Crippen LogP contribution is -2.42. The zero-order valence-electron chi connectivity index (χ0n) is 11.1. The summed E-state index contributed by atoms with van der Waals surface area (Å²) in [5, 5.41) is 0. The van der Waals surface area contributed by atoms with Crippen LogP contribution in [0.5, 0.6) is 0 Å². The van der Waals surface area contributed by atoms with Gasteiger partial charge in [0, 0.05) is 0 Å². The first-order chi connectivity index (χ1) is 10.4. The van der Waals surface area contributed by atoms with Crippen molar-refractivity contribution in [1.29, 1.82) is 0 Å². The molecule has 0 spiro atoms. The maximum atomic E-state index is 13.1. The van der Waals surface area contributed by atoms with E-state index in [-0.39, 0.29) is 37.0 Å². The fraction of sp³-hybridized carbons (Fsp3) is 0.308. The Morgan fingerprint density at radius 2 is 2.09 bits per heavy atom. The van der Waals surface area contributed by atoms with Crippen LogP contribution in [0.1, 0.15) is 5.56 Å². The van der Waals surface area contributed by atoms with Gasteiger partial charge in [-0.1, -0.05) is 0 Å². The highest BCUT2D eigenvalue weighted by atomic mass is 19.4. The molecule has 0 aliphatic carbocycles. The van der Waals surface area contributed by atoms with Gasteiger partial charge in [-0.05, 0) is 12.1 Å². The SMILES string of the molecule is O=C1COCCN1c1cc(C(F)(F)F)cc(-c2cnco2)n1. The summed E-state index contributed by atoms with van der Waals surface area (Å²) in [5.41, 5.74) is -0.954. The second kappa shape index (κ2) is 5.41. The van der Waals surface area contributed by atoms with Crippen molar-refractivity contribution in [2.75, 3.05) is 24.7 Å². The van der Waals surface area contributed by atoms with Gasteiger partial charge in [0.2, 0.25) is 0 Å². The molecular formula is C13H10F3N3O3. The van der Waals surface area contributed by atoms with Crippen LogP contribution >= 0.6 is 0 Å². The average molecular weight is 313 g/mol. The zero-order chi connectivity index (χ0) is 15.7. The number of hydrogen-bond acceptors (Lipinski definition) is 5. The number of hydrogen-bond donors (Lipinski definition) is 0. The maximum absolute atomic E-state index is 13.1. The summed E-state index contributed by atoms with van der Waals surface area (Å²) in [5.74, 6) is -0.441. The molecule has 2 aromatic heterocycles. The molecule has 1 aliphatic heterocycles. The fourth-order valence-electron chi connectivity index (χ4n) is 2.05. The summed E-state index contributed by atoms with van der Waals surface area (Å²) in [6, 6.07) is 1.69. The van der Waals surface area contributed by atoms with Crippen LogP contribution in [-0.4, -0.2) is 35.6 Å². The van der Waals surface area contributed by atoms with Crippen LogP contribution in [0.25, 0.3) is 11.5 Å². The van der Waals surface area contributed by atoms with Gasteiger partial charge < -0.3 is 9.15 Å². The van der Waals surface area contributed by atoms with E-state index in [1.54, 1.807) is 0 Å². The van der Waals surface area contributed by atoms with Gasteiger partial charge >= 0.3 is 6.18 Å². The molecule has 1 aliphatic rings. The van der Waals surface area contributed by atoms with E-state index >= 15 is 0 Å². The minimum Gasteiger partial charge on any atom is -0.442 e. The van der Waals surface area contributed by atoms with Crippen LogP contribution in [0.3, 0.4) is 0 Å². The summed E-state index contributed by atoms with van der Waals surface area (Å²) >= 11 is 0. The van der Waals surface area contributed by atoms with Crippen molar-refractivity contribution in [2.45, 2.75) is 6.18 Å². The highest BCUT2D eigenvalue weighted by molar-refractivity contribution is 5.94. The Bertz CT molecular complexity index is 686. The molecule has 0 atom stereocenters. The van der Waals surface area contributed by atoms with Gasteiger partial charge in [-0.3, -0.25) is 9.69 Å². The van der Waals surface area contributed by atoms with E-state index in [4.69, 9.17) is 9.15 Å². The van der Waals surface area contributed by atoms with Crippen LogP contribution in [0, 0.1) is 0 Å². The largest absolute Gasteiger partial charge is 0.442 e. The normalized spacial score (nSPS) is 16.1. The lowest BCUT2D eigenvalue weighted by atomic mass is 10.2. The third-order valence-corrected chi connectivity index (χ3v) is 3.09. The quantitative estimate of drug-likeness (QED) is 0.849. The monoisotopic (exact) mass is 313 g/mol. The van der Waals surface area contributed by atoms with Crippen molar-refractivity contribution in [2.24, 2.45) is 0 Å². The number of nitrogens with zero attached hydrogens (tertiary/aromatic N) is 3. The summed E-state index contributed by atoms with van der Waals surface area (Å²) < 4.78 is 49.1. The van der Waals surface area contributed by atoms with Crippen LogP contribution in [0.15, 0.2) is 29.1 Å². The second-order valence-corrected chi connectivity index (χ2v) is 4.56. The molecule has 6 nitrogen and oxygen atoms in total. The molecule has 0 unspecified atom stereocenters. The Hall–Kier alpha value is -2.42. The molecule has 0 radical (unpaired) electrons. The lowest BCUT2D eigenvalue weighted by Gasteiger charge is -2.26. The molecule has 3 rings (SSSR count). The number of aromatic nitrogens is 2. The number of oxazole rings is 1. The summed E-state index contributed by atoms with van der Waals surface area (Å²) in [7, 11) is 0. The van der Waals surface area contributed by atoms with E-state index in [1.807, 2.05) is 0 Å². The minimum absolute atomic E-state index is 0.0402. The number of pyridine rings is 1. The van der Waals surface area contributed by atoms with Crippen LogP contribution < -0.4 is 4.90 Å². The first-order valence-electron chi connectivity index (χ1n) is 6.31. The van der Waals surface area contributed by atoms with Crippen molar-refractivity contribution >= 4 is 11.7 Å². The van der Waals surface area contributed by atoms with Crippen molar-refractivity contribution < 1.29 is 27.1 Å². The third-order valence-electron chi connectivity index (χ3n) is 3.09. The highest BCUT2D eigenvalue weighted by Crippen LogP contribution is 2.34. The van der Waals surface area contributed by atoms with Gasteiger partial charge in [0.15, 0.2) is 12.2 Å². The van der Waals surface area contributed by atoms with Gasteiger partial charge in [-0.15, -0.1) is 0 Å². The second-order valence-electron chi connectivity index (χ2n) is 4.56. The van der Waals surface area contributed by atoms with Gasteiger partial charge in [0.05, 0.1) is 24.9 Å². The van der Waals surface area contributed by atoms with Gasteiger partial charge in [0.1, 0.15) is 18.1 Å². The number of rotatable bonds is 2. The number of morpholine rings is 1. The van der Waals surface area contributed by atoms with Gasteiger partial charge in [0.25, 0.3) is 5.91 Å². The van der Waals surface area contributed by atoms with Crippen molar-refractivity contribution in [3.63, 3.8) is 0 Å².